The van der Waals surface area contributed by atoms with Crippen molar-refractivity contribution in [1.29, 1.82) is 0 Å². The average molecular weight is 484 g/mol. The third-order valence-corrected chi connectivity index (χ3v) is 5.02. The van der Waals surface area contributed by atoms with Crippen LogP contribution < -0.4 is 0 Å². The van der Waals surface area contributed by atoms with Crippen molar-refractivity contribution in [3.05, 3.63) is 22.3 Å². The molecule has 0 aliphatic heterocycles. The van der Waals surface area contributed by atoms with Crippen molar-refractivity contribution >= 4 is 35.8 Å². The lowest BCUT2D eigenvalue weighted by atomic mass is 9.77. The molecule has 12 heteroatoms. The van der Waals surface area contributed by atoms with Crippen molar-refractivity contribution in [3.8, 4) is 0 Å². The van der Waals surface area contributed by atoms with E-state index < -0.39 is 60.9 Å². The third kappa shape index (κ3) is 7.15. The Labute approximate surface area is 196 Å². The Hall–Kier alpha value is -3.70. The maximum absolute atomic E-state index is 12.8. The number of carbonyl (C=O) groups excluding carboxylic acids is 6. The predicted octanol–water partition coefficient (Wildman–Crippen LogP) is 0.424. The topological polar surface area (TPSA) is 158 Å². The molecule has 1 rings (SSSR count). The Morgan fingerprint density at radius 3 is 1.12 bits per heavy atom. The van der Waals surface area contributed by atoms with Crippen LogP contribution in [0, 0.1) is 11.8 Å². The van der Waals surface area contributed by atoms with Crippen molar-refractivity contribution < 1.29 is 57.2 Å². The van der Waals surface area contributed by atoms with E-state index in [1.165, 1.54) is 0 Å². The van der Waals surface area contributed by atoms with Crippen LogP contribution >= 0.6 is 0 Å². The molecular weight excluding hydrogens is 456 g/mol. The summed E-state index contributed by atoms with van der Waals surface area (Å²) in [4.78, 5) is 73.9. The zero-order chi connectivity index (χ0) is 26.0. The zero-order valence-corrected chi connectivity index (χ0v) is 19.9. The Morgan fingerprint density at radius 1 is 0.588 bits per heavy atom. The molecule has 0 fully saturated rings. The molecule has 0 N–H and O–H groups in total. The summed E-state index contributed by atoms with van der Waals surface area (Å²) in [6, 6.07) is 0. The molecule has 0 aromatic carbocycles. The molecule has 0 amide bonds. The van der Waals surface area contributed by atoms with Crippen LogP contribution in [0.2, 0.25) is 0 Å². The van der Waals surface area contributed by atoms with Crippen molar-refractivity contribution in [2.75, 3.05) is 41.7 Å². The summed E-state index contributed by atoms with van der Waals surface area (Å²) < 4.78 is 29.5. The van der Waals surface area contributed by atoms with Crippen LogP contribution in [-0.4, -0.2) is 77.5 Å². The van der Waals surface area contributed by atoms with Gasteiger partial charge in [-0.1, -0.05) is 0 Å². The fourth-order valence-electron chi connectivity index (χ4n) is 3.56. The zero-order valence-electron chi connectivity index (χ0n) is 19.9. The van der Waals surface area contributed by atoms with Gasteiger partial charge in [0, 0.05) is 36.8 Å². The number of carbonyl (C=O) groups is 6. The molecule has 0 radical (unpaired) electrons. The first kappa shape index (κ1) is 28.3. The molecule has 1 aliphatic rings. The Bertz CT molecular complexity index is 837. The Balaban J connectivity index is 3.95. The minimum absolute atomic E-state index is 0.200. The van der Waals surface area contributed by atoms with Crippen LogP contribution in [0.25, 0.3) is 0 Å². The SMILES string of the molecule is COC(=O)/C1=C(\C(=O)OC)[C@@H](COC(C)=O)C/C(C(=O)OC)=C(/C(=O)OC)[C@@H](COC(C)=O)C1. The third-order valence-electron chi connectivity index (χ3n) is 5.02. The summed E-state index contributed by atoms with van der Waals surface area (Å²) in [6.07, 6.45) is -0.738. The van der Waals surface area contributed by atoms with Gasteiger partial charge in [-0.2, -0.15) is 0 Å². The second-order valence-electron chi connectivity index (χ2n) is 7.16. The number of esters is 6. The first-order chi connectivity index (χ1) is 16.0. The predicted molar refractivity (Wildman–Crippen MR) is 112 cm³/mol. The fourth-order valence-corrected chi connectivity index (χ4v) is 3.56. The first-order valence-electron chi connectivity index (χ1n) is 10.1. The van der Waals surface area contributed by atoms with Gasteiger partial charge in [0.2, 0.25) is 0 Å². The molecule has 0 spiro atoms. The van der Waals surface area contributed by atoms with Gasteiger partial charge in [-0.25, -0.2) is 19.2 Å². The molecule has 188 valence electrons. The Morgan fingerprint density at radius 2 is 0.882 bits per heavy atom. The van der Waals surface area contributed by atoms with Crippen LogP contribution in [0.15, 0.2) is 22.3 Å². The van der Waals surface area contributed by atoms with E-state index in [9.17, 15) is 28.8 Å². The molecule has 0 aromatic rings. The van der Waals surface area contributed by atoms with Gasteiger partial charge >= 0.3 is 35.8 Å². The van der Waals surface area contributed by atoms with Gasteiger partial charge in [0.05, 0.1) is 52.8 Å². The molecule has 0 bridgehead atoms. The van der Waals surface area contributed by atoms with Gasteiger partial charge < -0.3 is 28.4 Å². The fraction of sp³-hybridized carbons (Fsp3) is 0.545. The van der Waals surface area contributed by atoms with E-state index in [-0.39, 0.29) is 35.1 Å². The summed E-state index contributed by atoms with van der Waals surface area (Å²) in [7, 11) is 4.34. The minimum atomic E-state index is -1.09. The van der Waals surface area contributed by atoms with E-state index in [0.29, 0.717) is 0 Å². The highest BCUT2D eigenvalue weighted by atomic mass is 16.5. The van der Waals surface area contributed by atoms with Crippen LogP contribution in [0.5, 0.6) is 0 Å². The highest BCUT2D eigenvalue weighted by Crippen LogP contribution is 2.37. The molecule has 0 heterocycles. The largest absolute Gasteiger partial charge is 0.466 e. The summed E-state index contributed by atoms with van der Waals surface area (Å²) in [6.45, 7) is 1.42. The van der Waals surface area contributed by atoms with Gasteiger partial charge in [0.25, 0.3) is 0 Å². The number of ether oxygens (including phenoxy) is 6. The summed E-state index contributed by atoms with van der Waals surface area (Å²) in [5, 5.41) is 0. The van der Waals surface area contributed by atoms with E-state index in [4.69, 9.17) is 28.4 Å². The van der Waals surface area contributed by atoms with Crippen LogP contribution in [0.1, 0.15) is 26.7 Å². The molecule has 0 unspecified atom stereocenters. The van der Waals surface area contributed by atoms with Gasteiger partial charge in [0.1, 0.15) is 0 Å². The maximum Gasteiger partial charge on any atom is 0.334 e. The number of methoxy groups -OCH3 is 4. The lowest BCUT2D eigenvalue weighted by Crippen LogP contribution is -2.33. The highest BCUT2D eigenvalue weighted by Gasteiger charge is 2.40. The van der Waals surface area contributed by atoms with Crippen LogP contribution in [0.3, 0.4) is 0 Å². The average Bonchev–Trinajstić information content (AvgIpc) is 2.80. The smallest absolute Gasteiger partial charge is 0.334 e. The lowest BCUT2D eigenvalue weighted by Gasteiger charge is -2.29. The van der Waals surface area contributed by atoms with Crippen molar-refractivity contribution in [2.24, 2.45) is 11.8 Å². The Kier molecular flexibility index (Phi) is 10.9. The standard InChI is InChI=1S/C22H28O12/c1-11(23)33-9-13-7-15(19(25)29-3)18(22(28)32-6)14(10-34-12(2)24)8-16(20(26)30-4)17(13)21(27)31-5/h13-14H,7-10H2,1-6H3/b17-16-,18-15-/t13-,14-/m1/s1. The van der Waals surface area contributed by atoms with Crippen LogP contribution in [0.4, 0.5) is 0 Å². The van der Waals surface area contributed by atoms with Gasteiger partial charge in [-0.15, -0.1) is 0 Å². The van der Waals surface area contributed by atoms with Crippen molar-refractivity contribution in [2.45, 2.75) is 26.7 Å². The number of rotatable bonds is 8. The molecule has 2 atom stereocenters. The second-order valence-corrected chi connectivity index (χ2v) is 7.16. The van der Waals surface area contributed by atoms with E-state index in [1.807, 2.05) is 0 Å². The highest BCUT2D eigenvalue weighted by molar-refractivity contribution is 6.04. The minimum Gasteiger partial charge on any atom is -0.466 e. The molecule has 0 saturated heterocycles. The molecule has 1 aliphatic carbocycles. The normalized spacial score (nSPS) is 22.4. The van der Waals surface area contributed by atoms with Crippen molar-refractivity contribution in [3.63, 3.8) is 0 Å². The number of hydrogen-bond donors (Lipinski definition) is 0. The van der Waals surface area contributed by atoms with Crippen molar-refractivity contribution in [1.82, 2.24) is 0 Å². The molecule has 12 nitrogen and oxygen atoms in total. The lowest BCUT2D eigenvalue weighted by molar-refractivity contribution is -0.145. The molecule has 0 saturated carbocycles. The van der Waals surface area contributed by atoms with Gasteiger partial charge in [-0.3, -0.25) is 9.59 Å². The monoisotopic (exact) mass is 484 g/mol. The quantitative estimate of drug-likeness (QED) is 0.346. The number of hydrogen-bond acceptors (Lipinski definition) is 12. The molecule has 34 heavy (non-hydrogen) atoms. The van der Waals surface area contributed by atoms with E-state index in [0.717, 1.165) is 42.3 Å². The van der Waals surface area contributed by atoms with E-state index >= 15 is 0 Å². The van der Waals surface area contributed by atoms with Crippen LogP contribution in [-0.2, 0) is 57.2 Å². The maximum atomic E-state index is 12.8. The van der Waals surface area contributed by atoms with Gasteiger partial charge in [0.15, 0.2) is 0 Å². The summed E-state index contributed by atoms with van der Waals surface area (Å²) in [5.41, 5.74) is -0.828. The summed E-state index contributed by atoms with van der Waals surface area (Å²) >= 11 is 0. The molecular formula is C22H28O12. The van der Waals surface area contributed by atoms with Gasteiger partial charge in [-0.05, 0) is 12.8 Å². The summed E-state index contributed by atoms with van der Waals surface area (Å²) in [5.74, 6) is -7.27. The van der Waals surface area contributed by atoms with E-state index in [1.54, 1.807) is 0 Å². The molecule has 0 aromatic heterocycles. The van der Waals surface area contributed by atoms with E-state index in [2.05, 4.69) is 0 Å². The first-order valence-corrected chi connectivity index (χ1v) is 10.1. The second kappa shape index (κ2) is 13.1.